The van der Waals surface area contributed by atoms with Crippen LogP contribution in [0.25, 0.3) is 0 Å². The maximum Gasteiger partial charge on any atom is 0.490 e. The maximum atomic E-state index is 13.5. The first-order chi connectivity index (χ1) is 31.0. The molecule has 0 aromatic heterocycles. The predicted octanol–water partition coefficient (Wildman–Crippen LogP) is 8.33. The van der Waals surface area contributed by atoms with Gasteiger partial charge >= 0.3 is 66.7 Å². The molecule has 13 nitrogen and oxygen atoms in total. The fraction of sp³-hybridized carbons (Fsp3) is 0.850. The Bertz CT molecular complexity index is 1900. The molecule has 4 aliphatic carbocycles. The van der Waals surface area contributed by atoms with Crippen LogP contribution < -0.4 is 0 Å². The molecule has 5 aliphatic rings. The molecule has 388 valence electrons. The van der Waals surface area contributed by atoms with Gasteiger partial charge in [-0.2, -0.15) is 65.9 Å². The van der Waals surface area contributed by atoms with E-state index in [2.05, 4.69) is 32.8 Å². The van der Waals surface area contributed by atoms with Gasteiger partial charge < -0.3 is 33.2 Å². The van der Waals surface area contributed by atoms with Crippen molar-refractivity contribution in [1.82, 2.24) is 0 Å². The van der Waals surface area contributed by atoms with Gasteiger partial charge in [-0.15, -0.1) is 0 Å². The summed E-state index contributed by atoms with van der Waals surface area (Å²) in [6.45, 7) is 3.87. The minimum Gasteiger partial charge on any atom is -0.456 e. The highest BCUT2D eigenvalue weighted by Gasteiger charge is 2.63. The van der Waals surface area contributed by atoms with Crippen molar-refractivity contribution < 1.29 is 128 Å². The normalized spacial score (nSPS) is 34.8. The number of ether oxygens (including phenoxy) is 7. The van der Waals surface area contributed by atoms with Crippen molar-refractivity contribution in [2.75, 3.05) is 6.61 Å². The fourth-order valence-corrected chi connectivity index (χ4v) is 11.6. The van der Waals surface area contributed by atoms with Crippen molar-refractivity contribution in [3.05, 3.63) is 0 Å². The van der Waals surface area contributed by atoms with E-state index in [1.54, 1.807) is 6.92 Å². The van der Waals surface area contributed by atoms with Crippen LogP contribution in [0.15, 0.2) is 0 Å². The molecule has 4 saturated carbocycles. The Kier molecular flexibility index (Phi) is 15.7. The largest absolute Gasteiger partial charge is 0.490 e. The molecule has 5 rings (SSSR count). The van der Waals surface area contributed by atoms with E-state index in [0.717, 1.165) is 19.3 Å². The minimum absolute atomic E-state index is 0.00213. The summed E-state index contributed by atoms with van der Waals surface area (Å²) in [5.74, 6) is -17.1. The molecular weight excluding hydrogens is 973 g/mol. The highest BCUT2D eigenvalue weighted by atomic mass is 19.4. The number of hydrogen-bond donors (Lipinski definition) is 0. The average Bonchev–Trinajstić information content (AvgIpc) is 3.56. The lowest BCUT2D eigenvalue weighted by molar-refractivity contribution is -0.315. The predicted molar refractivity (Wildman–Crippen MR) is 189 cm³/mol. The van der Waals surface area contributed by atoms with Gasteiger partial charge in [0.2, 0.25) is 12.4 Å². The van der Waals surface area contributed by atoms with Crippen LogP contribution in [0.2, 0.25) is 0 Å². The summed E-state index contributed by atoms with van der Waals surface area (Å²) in [6.07, 6.45) is -42.2. The lowest BCUT2D eigenvalue weighted by Crippen LogP contribution is -2.64. The zero-order valence-electron chi connectivity index (χ0n) is 35.9. The Balaban J connectivity index is 1.34. The maximum absolute atomic E-state index is 13.5. The third-order valence-electron chi connectivity index (χ3n) is 14.6. The Morgan fingerprint density at radius 1 is 0.559 bits per heavy atom. The lowest BCUT2D eigenvalue weighted by atomic mass is 9.44. The lowest BCUT2D eigenvalue weighted by Gasteiger charge is -2.61. The van der Waals surface area contributed by atoms with Crippen LogP contribution in [-0.4, -0.2) is 110 Å². The summed E-state index contributed by atoms with van der Waals surface area (Å²) in [6, 6.07) is 0. The molecule has 0 amide bonds. The Morgan fingerprint density at radius 2 is 1.04 bits per heavy atom. The monoisotopic (exact) mass is 1020 g/mol. The Morgan fingerprint density at radius 3 is 1.59 bits per heavy atom. The van der Waals surface area contributed by atoms with Crippen LogP contribution in [0.3, 0.4) is 0 Å². The van der Waals surface area contributed by atoms with E-state index in [0.29, 0.717) is 25.7 Å². The zero-order chi connectivity index (χ0) is 51.3. The Labute approximate surface area is 375 Å². The van der Waals surface area contributed by atoms with Crippen molar-refractivity contribution in [1.29, 1.82) is 0 Å². The third-order valence-corrected chi connectivity index (χ3v) is 14.6. The smallest absolute Gasteiger partial charge is 0.456 e. The van der Waals surface area contributed by atoms with Crippen molar-refractivity contribution >= 4 is 35.8 Å². The van der Waals surface area contributed by atoms with E-state index in [1.807, 2.05) is 0 Å². The van der Waals surface area contributed by atoms with Gasteiger partial charge in [0.05, 0.1) is 0 Å². The number of alkyl halides is 15. The molecule has 5 fully saturated rings. The van der Waals surface area contributed by atoms with Gasteiger partial charge in [-0.25, -0.2) is 24.0 Å². The van der Waals surface area contributed by atoms with Crippen molar-refractivity contribution in [2.45, 2.75) is 159 Å². The van der Waals surface area contributed by atoms with Gasteiger partial charge in [0.1, 0.15) is 18.8 Å². The van der Waals surface area contributed by atoms with E-state index in [9.17, 15) is 94.6 Å². The number of carbonyl (C=O) groups is 6. The number of carbonyl (C=O) groups excluding carboxylic acids is 6. The summed E-state index contributed by atoms with van der Waals surface area (Å²) in [4.78, 5) is 72.3. The summed E-state index contributed by atoms with van der Waals surface area (Å²) in [7, 11) is 0. The van der Waals surface area contributed by atoms with Crippen LogP contribution >= 0.6 is 0 Å². The first-order valence-corrected chi connectivity index (χ1v) is 21.2. The number of rotatable bonds is 11. The molecule has 0 radical (unpaired) electrons. The molecule has 28 heteroatoms. The van der Waals surface area contributed by atoms with Crippen LogP contribution in [0.1, 0.15) is 91.4 Å². The average molecular weight is 1020 g/mol. The molecule has 14 atom stereocenters. The molecule has 0 spiro atoms. The van der Waals surface area contributed by atoms with Gasteiger partial charge in [-0.1, -0.05) is 20.8 Å². The van der Waals surface area contributed by atoms with Crippen LogP contribution in [0, 0.1) is 46.3 Å². The minimum atomic E-state index is -6.16. The van der Waals surface area contributed by atoms with Crippen LogP contribution in [-0.2, 0) is 61.9 Å². The highest BCUT2D eigenvalue weighted by Crippen LogP contribution is 2.68. The first kappa shape index (κ1) is 54.7. The molecule has 0 N–H and O–H groups in total. The SMILES string of the molecule is C[C@H](CCC(=O)O[C@@H]1O[C@H](COC(=O)C(F)(F)F)[C@@H](OC(=O)C(F)(F)F)[C@H](OC(=O)C(F)(F)F)[C@H]1OC(=O)C(F)(F)F)[C@H]1CCC2C3CCC4C[C@H](OC(=O)C(F)(F)F)CC[C@]4(C)C3CC[C@@]21C. The van der Waals surface area contributed by atoms with Gasteiger partial charge in [0.25, 0.3) is 0 Å². The molecule has 0 bridgehead atoms. The third kappa shape index (κ3) is 12.0. The van der Waals surface area contributed by atoms with Crippen molar-refractivity contribution in [3.63, 3.8) is 0 Å². The molecule has 4 unspecified atom stereocenters. The number of esters is 6. The summed E-state index contributed by atoms with van der Waals surface area (Å²) >= 11 is 0. The van der Waals surface area contributed by atoms with Gasteiger partial charge in [-0.05, 0) is 111 Å². The molecule has 1 saturated heterocycles. The number of halogens is 15. The summed E-state index contributed by atoms with van der Waals surface area (Å²) < 4.78 is 229. The van der Waals surface area contributed by atoms with Crippen LogP contribution in [0.4, 0.5) is 65.9 Å². The fourth-order valence-electron chi connectivity index (χ4n) is 11.6. The van der Waals surface area contributed by atoms with Gasteiger partial charge in [-0.3, -0.25) is 4.79 Å². The second-order valence-electron chi connectivity index (χ2n) is 18.4. The van der Waals surface area contributed by atoms with E-state index in [-0.39, 0.29) is 65.6 Å². The quantitative estimate of drug-likeness (QED) is 0.110. The zero-order valence-corrected chi connectivity index (χ0v) is 35.9. The second kappa shape index (κ2) is 19.5. The highest BCUT2D eigenvalue weighted by molar-refractivity contribution is 5.78. The summed E-state index contributed by atoms with van der Waals surface area (Å²) in [5.41, 5.74) is -0.592. The second-order valence-corrected chi connectivity index (χ2v) is 18.4. The molecular formula is C40H45F15O13. The Hall–Kier alpha value is -4.27. The number of hydrogen-bond acceptors (Lipinski definition) is 13. The number of fused-ring (bicyclic) bond motifs is 5. The van der Waals surface area contributed by atoms with E-state index in [1.165, 1.54) is 0 Å². The molecule has 0 aromatic carbocycles. The first-order valence-electron chi connectivity index (χ1n) is 21.2. The molecule has 0 aromatic rings. The molecule has 68 heavy (non-hydrogen) atoms. The molecule has 1 heterocycles. The topological polar surface area (TPSA) is 167 Å². The summed E-state index contributed by atoms with van der Waals surface area (Å²) in [5, 5.41) is 0. The van der Waals surface area contributed by atoms with E-state index >= 15 is 0 Å². The van der Waals surface area contributed by atoms with Crippen LogP contribution in [0.5, 0.6) is 0 Å². The molecule has 1 aliphatic heterocycles. The van der Waals surface area contributed by atoms with Gasteiger partial charge in [0.15, 0.2) is 12.2 Å². The van der Waals surface area contributed by atoms with Gasteiger partial charge in [0, 0.05) is 6.42 Å². The van der Waals surface area contributed by atoms with E-state index in [4.69, 9.17) is 14.2 Å². The van der Waals surface area contributed by atoms with Crippen molar-refractivity contribution in [3.8, 4) is 0 Å². The standard InChI is InChI=1S/C40H45F15O13/c1-16(20-7-8-21-19-6-5-17-14-18(63-30(58)37(44,45)46)10-12-34(17,2)22(19)11-13-35(20,21)3)4-9-24(56)65-28-27(68-33(61)40(53,54)55)26(67-32(60)39(50,51)52)25(66-31(59)38(47,48)49)23(64-28)15-62-29(57)36(41,42)43/h16-23,25-28H,4-15H2,1-3H3/t16-,17?,18-,19?,20-,21?,22?,23-,25-,26+,27-,28+,34+,35-/m1/s1. The van der Waals surface area contributed by atoms with Crippen molar-refractivity contribution in [2.24, 2.45) is 46.3 Å². The van der Waals surface area contributed by atoms with E-state index < -0.39 is 117 Å².